The third-order valence-corrected chi connectivity index (χ3v) is 15.4. The summed E-state index contributed by atoms with van der Waals surface area (Å²) in [5.41, 5.74) is 0. The van der Waals surface area contributed by atoms with E-state index in [0.29, 0.717) is 73.7 Å². The van der Waals surface area contributed by atoms with Gasteiger partial charge in [0.1, 0.15) is 0 Å². The van der Waals surface area contributed by atoms with Gasteiger partial charge in [0.05, 0.1) is 43.2 Å². The summed E-state index contributed by atoms with van der Waals surface area (Å²) in [4.78, 5) is 0. The molecule has 0 spiro atoms. The average molecular weight is 741 g/mol. The van der Waals surface area contributed by atoms with Crippen molar-refractivity contribution in [3.63, 3.8) is 0 Å². The van der Waals surface area contributed by atoms with Crippen molar-refractivity contribution in [1.29, 1.82) is 0 Å². The quantitative estimate of drug-likeness (QED) is 0.187. The molecule has 9 rings (SSSR count). The van der Waals surface area contributed by atoms with Gasteiger partial charge in [-0.05, 0) is 92.3 Å². The maximum Gasteiger partial charge on any atom is 0.0628 e. The van der Waals surface area contributed by atoms with Crippen LogP contribution in [0.2, 0.25) is 0 Å². The molecular weight excluding hydrogens is 667 g/mol. The Hall–Kier alpha value is 0.146. The fourth-order valence-electron chi connectivity index (χ4n) is 12.7. The van der Waals surface area contributed by atoms with Crippen molar-refractivity contribution in [2.24, 2.45) is 53.3 Å². The fraction of sp³-hybridized carbons (Fsp3) is 0.975. The first kappa shape index (κ1) is 38.4. The summed E-state index contributed by atoms with van der Waals surface area (Å²) in [5.74, 6) is 6.30. The van der Waals surface area contributed by atoms with Crippen molar-refractivity contribution < 1.29 is 21.9 Å². The van der Waals surface area contributed by atoms with E-state index >= 15 is 0 Å². The molecule has 0 aromatic heterocycles. The van der Waals surface area contributed by atoms with E-state index in [1.807, 2.05) is 0 Å². The van der Waals surface area contributed by atoms with Crippen molar-refractivity contribution in [1.82, 2.24) is 42.5 Å². The van der Waals surface area contributed by atoms with Gasteiger partial charge in [-0.2, -0.15) is 6.42 Å². The van der Waals surface area contributed by atoms with E-state index in [4.69, 9.17) is 5.11 Å². The van der Waals surface area contributed by atoms with E-state index in [0.717, 1.165) is 41.9 Å². The van der Waals surface area contributed by atoms with E-state index in [1.54, 1.807) is 0 Å². The molecule has 50 heavy (non-hydrogen) atoms. The van der Waals surface area contributed by atoms with E-state index in [9.17, 15) is 0 Å². The molecule has 9 fully saturated rings. The molecule has 0 amide bonds. The predicted molar refractivity (Wildman–Crippen MR) is 197 cm³/mol. The molecule has 4 aliphatic carbocycles. The molecule has 5 heterocycles. The molecule has 0 aromatic rings. The number of hydrogen-bond donors (Lipinski definition) is 9. The molecule has 0 aromatic carbocycles. The summed E-state index contributed by atoms with van der Waals surface area (Å²) in [6.07, 6.45) is 31.3. The minimum Gasteiger partial charge on any atom is -0.396 e. The van der Waals surface area contributed by atoms with E-state index in [2.05, 4.69) is 62.8 Å². The van der Waals surface area contributed by atoms with E-state index in [1.165, 1.54) is 116 Å². The molecule has 1 radical (unpaired) electrons. The van der Waals surface area contributed by atoms with Crippen molar-refractivity contribution in [3.05, 3.63) is 6.42 Å². The number of hydrogen-bond acceptors (Lipinski definition) is 9. The first-order chi connectivity index (χ1) is 24.1. The molecule has 9 nitrogen and oxygen atoms in total. The van der Waals surface area contributed by atoms with Crippen molar-refractivity contribution in [2.45, 2.75) is 185 Å². The summed E-state index contributed by atoms with van der Waals surface area (Å²) < 4.78 is 0. The van der Waals surface area contributed by atoms with Crippen molar-refractivity contribution in [3.8, 4) is 0 Å². The van der Waals surface area contributed by atoms with Crippen molar-refractivity contribution >= 4 is 0 Å². The molecule has 289 valence electrons. The summed E-state index contributed by atoms with van der Waals surface area (Å²) in [5, 5.41) is 42.4. The number of aliphatic hydroxyl groups excluding tert-OH is 1. The summed E-state index contributed by atoms with van der Waals surface area (Å²) >= 11 is 0. The second kappa shape index (κ2) is 17.7. The molecule has 9 N–H and O–H groups in total. The smallest absolute Gasteiger partial charge is 0.0628 e. The Morgan fingerprint density at radius 2 is 0.840 bits per heavy atom. The molecule has 10 heteroatoms. The molecular formula is C40H73CoN8O-. The van der Waals surface area contributed by atoms with Gasteiger partial charge in [-0.1, -0.05) is 84.5 Å². The van der Waals surface area contributed by atoms with Crippen LogP contribution in [0.3, 0.4) is 0 Å². The molecule has 17 atom stereocenters. The molecule has 9 aliphatic rings. The first-order valence-electron chi connectivity index (χ1n) is 21.7. The van der Waals surface area contributed by atoms with Gasteiger partial charge in [0, 0.05) is 29.6 Å². The van der Waals surface area contributed by atoms with Crippen molar-refractivity contribution in [2.75, 3.05) is 6.61 Å². The third kappa shape index (κ3) is 7.93. The van der Waals surface area contributed by atoms with Gasteiger partial charge in [-0.25, -0.2) is 0 Å². The number of fused-ring (bicyclic) bond motifs is 20. The van der Waals surface area contributed by atoms with Crippen LogP contribution in [0.15, 0.2) is 0 Å². The van der Waals surface area contributed by atoms with E-state index in [-0.39, 0.29) is 16.8 Å². The van der Waals surface area contributed by atoms with Crippen LogP contribution in [0.4, 0.5) is 0 Å². The van der Waals surface area contributed by atoms with Gasteiger partial charge >= 0.3 is 0 Å². The normalized spacial score (nSPS) is 48.5. The first-order valence-corrected chi connectivity index (χ1v) is 21.7. The van der Waals surface area contributed by atoms with Gasteiger partial charge in [-0.3, -0.25) is 42.5 Å². The Morgan fingerprint density at radius 1 is 0.500 bits per heavy atom. The monoisotopic (exact) mass is 741 g/mol. The fourth-order valence-corrected chi connectivity index (χ4v) is 12.7. The summed E-state index contributed by atoms with van der Waals surface area (Å²) in [6.45, 7) is 4.69. The topological polar surface area (TPSA) is 116 Å². The van der Waals surface area contributed by atoms with Crippen LogP contribution in [0.25, 0.3) is 0 Å². The van der Waals surface area contributed by atoms with Gasteiger partial charge in [0.25, 0.3) is 0 Å². The van der Waals surface area contributed by atoms with Crippen LogP contribution in [0.5, 0.6) is 0 Å². The third-order valence-electron chi connectivity index (χ3n) is 15.4. The Bertz CT molecular complexity index is 845. The Labute approximate surface area is 314 Å². The van der Waals surface area contributed by atoms with Crippen LogP contribution in [0.1, 0.15) is 136 Å². The van der Waals surface area contributed by atoms with Gasteiger partial charge in [0.2, 0.25) is 0 Å². The van der Waals surface area contributed by atoms with E-state index < -0.39 is 0 Å². The summed E-state index contributed by atoms with van der Waals surface area (Å²) in [6, 6.07) is 0. The largest absolute Gasteiger partial charge is 0.396 e. The van der Waals surface area contributed by atoms with Crippen LogP contribution < -0.4 is 42.5 Å². The van der Waals surface area contributed by atoms with Crippen LogP contribution in [-0.2, 0) is 16.8 Å². The van der Waals surface area contributed by atoms with Gasteiger partial charge in [-0.15, -0.1) is 5.92 Å². The molecule has 17 unspecified atom stereocenters. The predicted octanol–water partition coefficient (Wildman–Crippen LogP) is 4.61. The average Bonchev–Trinajstić information content (AvgIpc) is 3.88. The zero-order valence-electron chi connectivity index (χ0n) is 31.3. The van der Waals surface area contributed by atoms with Crippen LogP contribution in [-0.4, -0.2) is 61.0 Å². The second-order valence-electron chi connectivity index (χ2n) is 18.0. The Morgan fingerprint density at radius 3 is 1.18 bits per heavy atom. The summed E-state index contributed by atoms with van der Waals surface area (Å²) in [7, 11) is 0. The minimum atomic E-state index is 0. The number of nitrogens with one attached hydrogen (secondary N) is 8. The number of aliphatic hydroxyl groups is 1. The molecule has 5 saturated heterocycles. The zero-order chi connectivity index (χ0) is 33.3. The standard InChI is InChI=1S/C32H55N8.C8H18O.Co/c1-2-10-18-17(9-1)25-33-26(18)38-28-21-13-5-6-14-22(21)30(35-28)40-32-24-16-8-7-15-23(24)31(36-32)39-29-20-12-4-3-11-19(20)27(34-29)37-25;1-3-5-6-8(4-2)7-9;/h9,17-40H,1-8,10-16H2;8-9H,3-7H2,1-2H3;/q-1;;. The molecule has 4 saturated carbocycles. The SMILES string of the molecule is CCCCC(CC)CO.[CH-]1CCCC2C3NC(NC4NC(NC5NC(NC6NC(N3)C3CCCCC63)C3CCCCC53)C3CCCCC43)C12.[Co]. The molecule has 5 aliphatic heterocycles. The number of rotatable bonds is 5. The van der Waals surface area contributed by atoms with Crippen LogP contribution >= 0.6 is 0 Å². The molecule has 8 bridgehead atoms. The second-order valence-corrected chi connectivity index (χ2v) is 18.0. The van der Waals surface area contributed by atoms with Gasteiger partial charge < -0.3 is 11.5 Å². The van der Waals surface area contributed by atoms with Gasteiger partial charge in [0.15, 0.2) is 0 Å². The van der Waals surface area contributed by atoms with Crippen LogP contribution in [0, 0.1) is 59.7 Å². The minimum absolute atomic E-state index is 0. The maximum absolute atomic E-state index is 8.75. The zero-order valence-corrected chi connectivity index (χ0v) is 32.4. The Balaban J connectivity index is 0.000000350. The Kier molecular flexibility index (Phi) is 13.6. The maximum atomic E-state index is 8.75. The number of unbranched alkanes of at least 4 members (excludes halogenated alkanes) is 1.